The lowest BCUT2D eigenvalue weighted by molar-refractivity contribution is 0.355. The predicted octanol–water partition coefficient (Wildman–Crippen LogP) is 5.34. The maximum atomic E-state index is 5.52. The Hall–Kier alpha value is -2.95. The number of likely N-dealkylation sites (tertiary alicyclic amines) is 1. The zero-order chi connectivity index (χ0) is 21.4. The van der Waals surface area contributed by atoms with Crippen molar-refractivity contribution in [3.05, 3.63) is 65.2 Å². The quantitative estimate of drug-likeness (QED) is 0.648. The van der Waals surface area contributed by atoms with E-state index >= 15 is 0 Å². The first kappa shape index (κ1) is 20.0. The van der Waals surface area contributed by atoms with Crippen LogP contribution in [0.4, 0.5) is 0 Å². The van der Waals surface area contributed by atoms with Crippen LogP contribution in [0.3, 0.4) is 0 Å². The molecule has 1 aliphatic carbocycles. The lowest BCUT2D eigenvalue weighted by Crippen LogP contribution is -2.33. The van der Waals surface area contributed by atoms with E-state index in [1.807, 2.05) is 12.1 Å². The molecule has 5 rings (SSSR count). The van der Waals surface area contributed by atoms with Crippen molar-refractivity contribution in [2.24, 2.45) is 10.9 Å². The molecule has 3 aliphatic heterocycles. The summed E-state index contributed by atoms with van der Waals surface area (Å²) in [5.74, 6) is 3.25. The molecule has 2 fully saturated rings. The molecule has 0 amide bonds. The third-order valence-electron chi connectivity index (χ3n) is 6.91. The van der Waals surface area contributed by atoms with E-state index in [9.17, 15) is 0 Å². The molecule has 5 nitrogen and oxygen atoms in total. The molecule has 0 radical (unpaired) electrons. The SMILES string of the molecule is CC[C@H]1CCN(C2=CN3C(=NC(c4ccc(OC)c(OC)c4)=CC3=C3CCC3)C=C2)C1. The Balaban J connectivity index is 1.50. The number of fused-ring (bicyclic) bond motifs is 1. The molecule has 3 heterocycles. The zero-order valence-electron chi connectivity index (χ0n) is 18.7. The molecule has 1 aromatic carbocycles. The molecule has 4 aliphatic rings. The molecule has 0 aromatic heterocycles. The van der Waals surface area contributed by atoms with Crippen LogP contribution in [0.5, 0.6) is 11.5 Å². The van der Waals surface area contributed by atoms with Gasteiger partial charge in [0.15, 0.2) is 11.5 Å². The van der Waals surface area contributed by atoms with Crippen molar-refractivity contribution in [2.75, 3.05) is 27.3 Å². The second kappa shape index (κ2) is 8.29. The van der Waals surface area contributed by atoms with E-state index in [0.717, 1.165) is 47.6 Å². The first-order chi connectivity index (χ1) is 15.2. The summed E-state index contributed by atoms with van der Waals surface area (Å²) in [6.45, 7) is 4.60. The van der Waals surface area contributed by atoms with E-state index in [-0.39, 0.29) is 0 Å². The molecule has 1 atom stereocenters. The fraction of sp³-hybridized carbons (Fsp3) is 0.423. The lowest BCUT2D eigenvalue weighted by Gasteiger charge is -2.35. The highest BCUT2D eigenvalue weighted by atomic mass is 16.5. The molecule has 1 aromatic rings. The van der Waals surface area contributed by atoms with Gasteiger partial charge in [-0.3, -0.25) is 4.90 Å². The average molecular weight is 418 g/mol. The van der Waals surface area contributed by atoms with Crippen LogP contribution in [0.25, 0.3) is 5.70 Å². The standard InChI is InChI=1S/C26H31N3O2/c1-4-18-12-13-28(16-18)21-9-11-26-27-22(15-23(29(26)17-21)19-6-5-7-19)20-8-10-24(30-2)25(14-20)31-3/h8-11,14-15,17-18H,4-7,12-13,16H2,1-3H3/t18-/m0/s1. The minimum atomic E-state index is 0.724. The zero-order valence-corrected chi connectivity index (χ0v) is 18.7. The molecule has 0 bridgehead atoms. The highest BCUT2D eigenvalue weighted by molar-refractivity contribution is 6.02. The van der Waals surface area contributed by atoms with Crippen LogP contribution in [-0.4, -0.2) is 42.9 Å². The Morgan fingerprint density at radius 3 is 2.61 bits per heavy atom. The number of allylic oxidation sites excluding steroid dienone is 3. The normalized spacial score (nSPS) is 22.5. The molecule has 1 saturated heterocycles. The largest absolute Gasteiger partial charge is 0.493 e. The number of ether oxygens (including phenoxy) is 2. The molecule has 0 N–H and O–H groups in total. The Kier molecular flexibility index (Phi) is 5.34. The van der Waals surface area contributed by atoms with Gasteiger partial charge in [-0.1, -0.05) is 13.3 Å². The van der Waals surface area contributed by atoms with Gasteiger partial charge in [-0.2, -0.15) is 0 Å². The van der Waals surface area contributed by atoms with Crippen LogP contribution in [0.2, 0.25) is 0 Å². The fourth-order valence-electron chi connectivity index (χ4n) is 4.73. The number of nitrogens with zero attached hydrogens (tertiary/aromatic N) is 3. The van der Waals surface area contributed by atoms with Gasteiger partial charge >= 0.3 is 0 Å². The van der Waals surface area contributed by atoms with Crippen molar-refractivity contribution in [3.8, 4) is 11.5 Å². The van der Waals surface area contributed by atoms with Crippen LogP contribution in [0.15, 0.2) is 64.6 Å². The van der Waals surface area contributed by atoms with Gasteiger partial charge in [0.05, 0.1) is 25.6 Å². The fourth-order valence-corrected chi connectivity index (χ4v) is 4.73. The number of methoxy groups -OCH3 is 2. The molecular formula is C26H31N3O2. The van der Waals surface area contributed by atoms with Crippen molar-refractivity contribution in [3.63, 3.8) is 0 Å². The average Bonchev–Trinajstić information content (AvgIpc) is 3.26. The van der Waals surface area contributed by atoms with Crippen LogP contribution in [0.1, 0.15) is 44.6 Å². The summed E-state index contributed by atoms with van der Waals surface area (Å²) in [7, 11) is 3.33. The maximum Gasteiger partial charge on any atom is 0.161 e. The summed E-state index contributed by atoms with van der Waals surface area (Å²) in [6, 6.07) is 6.01. The molecule has 31 heavy (non-hydrogen) atoms. The van der Waals surface area contributed by atoms with E-state index < -0.39 is 0 Å². The van der Waals surface area contributed by atoms with Crippen LogP contribution >= 0.6 is 0 Å². The third kappa shape index (κ3) is 3.67. The topological polar surface area (TPSA) is 37.3 Å². The summed E-state index contributed by atoms with van der Waals surface area (Å²) >= 11 is 0. The summed E-state index contributed by atoms with van der Waals surface area (Å²) < 4.78 is 10.9. The maximum absolute atomic E-state index is 5.52. The van der Waals surface area contributed by atoms with E-state index in [2.05, 4.69) is 47.2 Å². The Bertz CT molecular complexity index is 1030. The molecular weight excluding hydrogens is 386 g/mol. The van der Waals surface area contributed by atoms with Gasteiger partial charge in [-0.05, 0) is 73.6 Å². The van der Waals surface area contributed by atoms with Crippen molar-refractivity contribution in [1.29, 1.82) is 0 Å². The first-order valence-corrected chi connectivity index (χ1v) is 11.4. The highest BCUT2D eigenvalue weighted by Gasteiger charge is 2.29. The summed E-state index contributed by atoms with van der Waals surface area (Å²) in [5.41, 5.74) is 6.11. The van der Waals surface area contributed by atoms with Crippen LogP contribution in [-0.2, 0) is 0 Å². The van der Waals surface area contributed by atoms with Crippen molar-refractivity contribution < 1.29 is 9.47 Å². The summed E-state index contributed by atoms with van der Waals surface area (Å²) in [5, 5.41) is 0. The summed E-state index contributed by atoms with van der Waals surface area (Å²) in [4.78, 5) is 9.84. The van der Waals surface area contributed by atoms with Gasteiger partial charge in [0, 0.05) is 30.5 Å². The van der Waals surface area contributed by atoms with E-state index in [1.165, 1.54) is 49.1 Å². The van der Waals surface area contributed by atoms with Crippen molar-refractivity contribution >= 4 is 11.5 Å². The van der Waals surface area contributed by atoms with Crippen molar-refractivity contribution in [1.82, 2.24) is 9.80 Å². The number of aliphatic imine (C=N–C) groups is 1. The predicted molar refractivity (Wildman–Crippen MR) is 125 cm³/mol. The number of benzene rings is 1. The Morgan fingerprint density at radius 2 is 1.94 bits per heavy atom. The molecule has 0 spiro atoms. The van der Waals surface area contributed by atoms with E-state index in [0.29, 0.717) is 0 Å². The van der Waals surface area contributed by atoms with Gasteiger partial charge in [0.1, 0.15) is 5.84 Å². The molecule has 5 heteroatoms. The second-order valence-corrected chi connectivity index (χ2v) is 8.68. The van der Waals surface area contributed by atoms with Gasteiger partial charge in [0.2, 0.25) is 0 Å². The molecule has 0 unspecified atom stereocenters. The number of hydrogen-bond acceptors (Lipinski definition) is 5. The minimum absolute atomic E-state index is 0.724. The monoisotopic (exact) mass is 417 g/mol. The van der Waals surface area contributed by atoms with Gasteiger partial charge < -0.3 is 14.4 Å². The first-order valence-electron chi connectivity index (χ1n) is 11.4. The van der Waals surface area contributed by atoms with Crippen LogP contribution < -0.4 is 9.47 Å². The van der Waals surface area contributed by atoms with E-state index in [4.69, 9.17) is 14.5 Å². The summed E-state index contributed by atoms with van der Waals surface area (Å²) in [6.07, 6.45) is 15.1. The lowest BCUT2D eigenvalue weighted by atomic mass is 9.89. The Labute approximate surface area is 185 Å². The number of amidine groups is 1. The smallest absolute Gasteiger partial charge is 0.161 e. The minimum Gasteiger partial charge on any atom is -0.493 e. The van der Waals surface area contributed by atoms with E-state index in [1.54, 1.807) is 14.2 Å². The molecule has 162 valence electrons. The van der Waals surface area contributed by atoms with Gasteiger partial charge in [-0.15, -0.1) is 0 Å². The number of hydrogen-bond donors (Lipinski definition) is 0. The Morgan fingerprint density at radius 1 is 1.10 bits per heavy atom. The van der Waals surface area contributed by atoms with Gasteiger partial charge in [-0.25, -0.2) is 4.99 Å². The second-order valence-electron chi connectivity index (χ2n) is 8.68. The third-order valence-corrected chi connectivity index (χ3v) is 6.91. The molecule has 1 saturated carbocycles. The number of rotatable bonds is 5. The highest BCUT2D eigenvalue weighted by Crippen LogP contribution is 2.39. The van der Waals surface area contributed by atoms with Crippen molar-refractivity contribution in [2.45, 2.75) is 39.0 Å². The van der Waals surface area contributed by atoms with Gasteiger partial charge in [0.25, 0.3) is 0 Å². The van der Waals surface area contributed by atoms with Crippen LogP contribution in [0, 0.1) is 5.92 Å².